The van der Waals surface area contributed by atoms with E-state index in [9.17, 15) is 4.39 Å². The first-order valence-electron chi connectivity index (χ1n) is 7.90. The fourth-order valence-electron chi connectivity index (χ4n) is 3.55. The van der Waals surface area contributed by atoms with Gasteiger partial charge in [0.2, 0.25) is 5.13 Å². The number of rotatable bonds is 2. The maximum Gasteiger partial charge on any atom is 0.208 e. The minimum Gasteiger partial charge on any atom is -0.369 e. The number of morpholine rings is 1. The molecule has 3 heterocycles. The molecule has 2 aromatic rings. The number of halogens is 1. The second-order valence-electron chi connectivity index (χ2n) is 6.18. The molecule has 0 N–H and O–H groups in total. The van der Waals surface area contributed by atoms with Crippen LogP contribution in [0, 0.1) is 5.82 Å². The highest BCUT2D eigenvalue weighted by Crippen LogP contribution is 2.33. The van der Waals surface area contributed by atoms with Gasteiger partial charge in [-0.15, -0.1) is 10.2 Å². The van der Waals surface area contributed by atoms with Crippen LogP contribution in [0.2, 0.25) is 0 Å². The molecule has 4 rings (SSSR count). The van der Waals surface area contributed by atoms with E-state index in [1.165, 1.54) is 6.07 Å². The summed E-state index contributed by atoms with van der Waals surface area (Å²) in [6, 6.07) is 6.82. The normalized spacial score (nSPS) is 25.1. The molecule has 2 aliphatic rings. The van der Waals surface area contributed by atoms with E-state index in [1.54, 1.807) is 29.0 Å². The molecule has 1 atom stereocenters. The van der Waals surface area contributed by atoms with Gasteiger partial charge in [-0.3, -0.25) is 0 Å². The topological polar surface area (TPSA) is 41.5 Å². The Morgan fingerprint density at radius 1 is 1.22 bits per heavy atom. The Bertz CT molecular complexity index is 664. The molecule has 2 aliphatic heterocycles. The zero-order valence-electron chi connectivity index (χ0n) is 12.8. The molecule has 0 bridgehead atoms. The first-order valence-corrected chi connectivity index (χ1v) is 8.78. The Morgan fingerprint density at radius 3 is 2.96 bits per heavy atom. The van der Waals surface area contributed by atoms with E-state index in [4.69, 9.17) is 4.74 Å². The maximum absolute atomic E-state index is 13.5. The second-order valence-corrected chi connectivity index (χ2v) is 6.99. The van der Waals surface area contributed by atoms with Crippen molar-refractivity contribution >= 4 is 22.2 Å². The lowest BCUT2D eigenvalue weighted by atomic mass is 9.90. The van der Waals surface area contributed by atoms with Gasteiger partial charge in [0, 0.05) is 25.3 Å². The maximum atomic E-state index is 13.5. The van der Waals surface area contributed by atoms with Crippen molar-refractivity contribution in [3.63, 3.8) is 0 Å². The van der Waals surface area contributed by atoms with Gasteiger partial charge in [-0.25, -0.2) is 4.39 Å². The Kier molecular flexibility index (Phi) is 3.90. The predicted octanol–water partition coefficient (Wildman–Crippen LogP) is 2.55. The third kappa shape index (κ3) is 3.03. The lowest BCUT2D eigenvalue weighted by Gasteiger charge is -2.48. The fraction of sp³-hybridized carbons (Fsp3) is 0.500. The van der Waals surface area contributed by atoms with Crippen LogP contribution in [-0.4, -0.2) is 48.6 Å². The molecular weight excluding hydrogens is 315 g/mol. The van der Waals surface area contributed by atoms with Crippen LogP contribution in [0.1, 0.15) is 12.8 Å². The van der Waals surface area contributed by atoms with Gasteiger partial charge in [0.05, 0.1) is 13.2 Å². The Hall–Kier alpha value is -1.73. The van der Waals surface area contributed by atoms with Gasteiger partial charge in [-0.05, 0) is 31.0 Å². The Morgan fingerprint density at radius 2 is 2.13 bits per heavy atom. The summed E-state index contributed by atoms with van der Waals surface area (Å²) in [4.78, 5) is 4.49. The van der Waals surface area contributed by atoms with Crippen LogP contribution in [0.15, 0.2) is 29.8 Å². The molecule has 1 aromatic carbocycles. The summed E-state index contributed by atoms with van der Waals surface area (Å²) >= 11 is 1.56. The van der Waals surface area contributed by atoms with Crippen molar-refractivity contribution in [2.24, 2.45) is 0 Å². The van der Waals surface area contributed by atoms with E-state index >= 15 is 0 Å². The van der Waals surface area contributed by atoms with Crippen molar-refractivity contribution < 1.29 is 9.13 Å². The Labute approximate surface area is 138 Å². The number of nitrogens with zero attached hydrogens (tertiary/aromatic N) is 4. The van der Waals surface area contributed by atoms with E-state index in [2.05, 4.69) is 20.0 Å². The zero-order valence-corrected chi connectivity index (χ0v) is 13.6. The number of hydrogen-bond acceptors (Lipinski definition) is 6. The summed E-state index contributed by atoms with van der Waals surface area (Å²) in [7, 11) is 0. The molecule has 122 valence electrons. The lowest BCUT2D eigenvalue weighted by Crippen LogP contribution is -2.60. The molecule has 0 unspecified atom stereocenters. The van der Waals surface area contributed by atoms with Crippen LogP contribution in [0.25, 0.3) is 0 Å². The Balaban J connectivity index is 1.53. The van der Waals surface area contributed by atoms with Crippen molar-refractivity contribution in [2.45, 2.75) is 18.4 Å². The number of anilines is 2. The number of aromatic nitrogens is 2. The highest BCUT2D eigenvalue weighted by molar-refractivity contribution is 7.13. The SMILES string of the molecule is Fc1cccc(N2CCO[C@]3(CCCN(c4nncs4)C3)C2)c1. The smallest absolute Gasteiger partial charge is 0.208 e. The first-order chi connectivity index (χ1) is 11.2. The predicted molar refractivity (Wildman–Crippen MR) is 88.7 cm³/mol. The molecule has 0 amide bonds. The first kappa shape index (κ1) is 14.8. The van der Waals surface area contributed by atoms with Gasteiger partial charge in [0.1, 0.15) is 16.9 Å². The monoisotopic (exact) mass is 334 g/mol. The number of piperidine rings is 1. The highest BCUT2D eigenvalue weighted by Gasteiger charge is 2.41. The number of hydrogen-bond donors (Lipinski definition) is 0. The molecule has 23 heavy (non-hydrogen) atoms. The molecule has 2 saturated heterocycles. The fourth-order valence-corrected chi connectivity index (χ4v) is 4.14. The average molecular weight is 334 g/mol. The molecule has 1 aromatic heterocycles. The van der Waals surface area contributed by atoms with Crippen LogP contribution in [-0.2, 0) is 4.74 Å². The van der Waals surface area contributed by atoms with E-state index < -0.39 is 0 Å². The van der Waals surface area contributed by atoms with E-state index in [0.717, 1.165) is 49.8 Å². The summed E-state index contributed by atoms with van der Waals surface area (Å²) in [5, 5.41) is 9.07. The van der Waals surface area contributed by atoms with Crippen LogP contribution in [0.4, 0.5) is 15.2 Å². The lowest BCUT2D eigenvalue weighted by molar-refractivity contribution is -0.0629. The molecule has 2 fully saturated rings. The molecular formula is C16H19FN4OS. The van der Waals surface area contributed by atoms with Crippen LogP contribution >= 0.6 is 11.3 Å². The van der Waals surface area contributed by atoms with E-state index in [1.807, 2.05) is 6.07 Å². The third-order valence-electron chi connectivity index (χ3n) is 4.58. The summed E-state index contributed by atoms with van der Waals surface area (Å²) < 4.78 is 19.7. The van der Waals surface area contributed by atoms with Crippen LogP contribution in [0.5, 0.6) is 0 Å². The van der Waals surface area contributed by atoms with Crippen molar-refractivity contribution in [1.82, 2.24) is 10.2 Å². The largest absolute Gasteiger partial charge is 0.369 e. The van der Waals surface area contributed by atoms with Gasteiger partial charge < -0.3 is 14.5 Å². The summed E-state index contributed by atoms with van der Waals surface area (Å²) in [6.45, 7) is 4.05. The standard InChI is InChI=1S/C16H19FN4OS/c17-13-3-1-4-14(9-13)20-7-8-22-16(10-20)5-2-6-21(11-16)15-19-18-12-23-15/h1,3-4,9,12H,2,5-8,10-11H2/t16-/m1/s1. The van der Waals surface area contributed by atoms with E-state index in [0.29, 0.717) is 6.61 Å². The second kappa shape index (κ2) is 6.05. The molecule has 1 spiro atoms. The number of ether oxygens (including phenoxy) is 1. The molecule has 0 aliphatic carbocycles. The minimum absolute atomic E-state index is 0.192. The van der Waals surface area contributed by atoms with Gasteiger partial charge in [-0.1, -0.05) is 17.4 Å². The number of benzene rings is 1. The van der Waals surface area contributed by atoms with Crippen molar-refractivity contribution in [3.8, 4) is 0 Å². The van der Waals surface area contributed by atoms with Crippen LogP contribution in [0.3, 0.4) is 0 Å². The molecule has 0 saturated carbocycles. The van der Waals surface area contributed by atoms with Gasteiger partial charge in [0.15, 0.2) is 0 Å². The summed E-state index contributed by atoms with van der Waals surface area (Å²) in [5.41, 5.74) is 2.48. The van der Waals surface area contributed by atoms with Gasteiger partial charge >= 0.3 is 0 Å². The van der Waals surface area contributed by atoms with Crippen molar-refractivity contribution in [3.05, 3.63) is 35.6 Å². The molecule has 7 heteroatoms. The summed E-state index contributed by atoms with van der Waals surface area (Å²) in [5.74, 6) is -0.192. The molecule has 5 nitrogen and oxygen atoms in total. The summed E-state index contributed by atoms with van der Waals surface area (Å²) in [6.07, 6.45) is 2.09. The minimum atomic E-state index is -0.214. The van der Waals surface area contributed by atoms with Gasteiger partial charge in [0.25, 0.3) is 0 Å². The van der Waals surface area contributed by atoms with Crippen LogP contribution < -0.4 is 9.80 Å². The highest BCUT2D eigenvalue weighted by atomic mass is 32.1. The van der Waals surface area contributed by atoms with E-state index in [-0.39, 0.29) is 11.4 Å². The molecule has 0 radical (unpaired) electrons. The van der Waals surface area contributed by atoms with Crippen molar-refractivity contribution in [2.75, 3.05) is 42.6 Å². The quantitative estimate of drug-likeness (QED) is 0.844. The van der Waals surface area contributed by atoms with Gasteiger partial charge in [-0.2, -0.15) is 0 Å². The average Bonchev–Trinajstić information content (AvgIpc) is 3.10. The van der Waals surface area contributed by atoms with Crippen molar-refractivity contribution in [1.29, 1.82) is 0 Å². The zero-order chi connectivity index (χ0) is 15.7. The third-order valence-corrected chi connectivity index (χ3v) is 5.33.